The maximum atomic E-state index is 12.0. The fourth-order valence-corrected chi connectivity index (χ4v) is 1.40. The van der Waals surface area contributed by atoms with Crippen LogP contribution in [0, 0.1) is 0 Å². The molecular weight excluding hydrogens is 216 g/mol. The van der Waals surface area contributed by atoms with Gasteiger partial charge in [0.2, 0.25) is 0 Å². The molecule has 0 aliphatic rings. The number of nitrogens with two attached hydrogens (primary N) is 1. The van der Waals surface area contributed by atoms with Gasteiger partial charge in [-0.05, 0) is 30.5 Å². The molecule has 0 radical (unpaired) electrons. The molecule has 0 aliphatic carbocycles. The van der Waals surface area contributed by atoms with Gasteiger partial charge in [0.05, 0.1) is 0 Å². The van der Waals surface area contributed by atoms with E-state index in [-0.39, 0.29) is 18.4 Å². The molecule has 90 valence electrons. The SMILES string of the molecule is N[C@@H](CCCO)c1cccc(OC(F)F)c1. The summed E-state index contributed by atoms with van der Waals surface area (Å²) in [6, 6.07) is 6.04. The van der Waals surface area contributed by atoms with E-state index in [9.17, 15) is 8.78 Å². The summed E-state index contributed by atoms with van der Waals surface area (Å²) in [5.41, 5.74) is 6.55. The first kappa shape index (κ1) is 12.9. The van der Waals surface area contributed by atoms with Gasteiger partial charge in [0, 0.05) is 12.6 Å². The average molecular weight is 231 g/mol. The molecule has 5 heteroatoms. The molecule has 16 heavy (non-hydrogen) atoms. The van der Waals surface area contributed by atoms with Crippen molar-refractivity contribution in [1.82, 2.24) is 0 Å². The molecule has 0 aliphatic heterocycles. The quantitative estimate of drug-likeness (QED) is 0.787. The first-order valence-electron chi connectivity index (χ1n) is 5.04. The van der Waals surface area contributed by atoms with E-state index in [0.717, 1.165) is 5.56 Å². The van der Waals surface area contributed by atoms with E-state index in [4.69, 9.17) is 10.8 Å². The number of hydrogen-bond acceptors (Lipinski definition) is 3. The van der Waals surface area contributed by atoms with E-state index >= 15 is 0 Å². The number of alkyl halides is 2. The van der Waals surface area contributed by atoms with Gasteiger partial charge >= 0.3 is 6.61 Å². The molecule has 1 atom stereocenters. The molecule has 0 heterocycles. The lowest BCUT2D eigenvalue weighted by atomic mass is 10.0. The molecule has 0 fully saturated rings. The topological polar surface area (TPSA) is 55.5 Å². The molecule has 0 unspecified atom stereocenters. The number of benzene rings is 1. The molecule has 1 rings (SSSR count). The summed E-state index contributed by atoms with van der Waals surface area (Å²) < 4.78 is 28.2. The van der Waals surface area contributed by atoms with Gasteiger partial charge in [0.15, 0.2) is 0 Å². The maximum Gasteiger partial charge on any atom is 0.387 e. The molecule has 0 saturated carbocycles. The zero-order valence-corrected chi connectivity index (χ0v) is 8.77. The van der Waals surface area contributed by atoms with Crippen molar-refractivity contribution in [2.24, 2.45) is 5.73 Å². The fraction of sp³-hybridized carbons (Fsp3) is 0.455. The monoisotopic (exact) mass is 231 g/mol. The Balaban J connectivity index is 2.65. The summed E-state index contributed by atoms with van der Waals surface area (Å²) in [6.07, 6.45) is 1.19. The van der Waals surface area contributed by atoms with Crippen molar-refractivity contribution in [1.29, 1.82) is 0 Å². The van der Waals surface area contributed by atoms with Crippen molar-refractivity contribution >= 4 is 0 Å². The van der Waals surface area contributed by atoms with Gasteiger partial charge in [0.1, 0.15) is 5.75 Å². The van der Waals surface area contributed by atoms with Crippen LogP contribution >= 0.6 is 0 Å². The van der Waals surface area contributed by atoms with Crippen molar-refractivity contribution in [2.75, 3.05) is 6.61 Å². The van der Waals surface area contributed by atoms with Crippen LogP contribution in [0.3, 0.4) is 0 Å². The lowest BCUT2D eigenvalue weighted by Crippen LogP contribution is -2.11. The Morgan fingerprint density at radius 3 is 2.75 bits per heavy atom. The Morgan fingerprint density at radius 2 is 2.12 bits per heavy atom. The van der Waals surface area contributed by atoms with Crippen molar-refractivity contribution in [2.45, 2.75) is 25.5 Å². The molecule has 0 amide bonds. The van der Waals surface area contributed by atoms with E-state index < -0.39 is 6.61 Å². The highest BCUT2D eigenvalue weighted by Crippen LogP contribution is 2.21. The summed E-state index contributed by atoms with van der Waals surface area (Å²) in [5, 5.41) is 8.66. The van der Waals surface area contributed by atoms with E-state index in [1.807, 2.05) is 0 Å². The maximum absolute atomic E-state index is 12.0. The van der Waals surface area contributed by atoms with Crippen LogP contribution in [0.15, 0.2) is 24.3 Å². The Hall–Kier alpha value is -1.20. The van der Waals surface area contributed by atoms with Gasteiger partial charge in [-0.1, -0.05) is 12.1 Å². The van der Waals surface area contributed by atoms with Crippen LogP contribution in [0.4, 0.5) is 8.78 Å². The molecule has 1 aromatic carbocycles. The molecular formula is C11H15F2NO2. The van der Waals surface area contributed by atoms with E-state index in [1.165, 1.54) is 12.1 Å². The van der Waals surface area contributed by atoms with Crippen LogP contribution in [0.25, 0.3) is 0 Å². The van der Waals surface area contributed by atoms with Gasteiger partial charge in [0.25, 0.3) is 0 Å². The number of aliphatic hydroxyl groups excluding tert-OH is 1. The third-order valence-electron chi connectivity index (χ3n) is 2.18. The highest BCUT2D eigenvalue weighted by Gasteiger charge is 2.09. The second-order valence-corrected chi connectivity index (χ2v) is 3.42. The van der Waals surface area contributed by atoms with Gasteiger partial charge in [-0.15, -0.1) is 0 Å². The molecule has 0 saturated heterocycles. The Labute approximate surface area is 92.8 Å². The van der Waals surface area contributed by atoms with E-state index in [0.29, 0.717) is 12.8 Å². The molecule has 0 aromatic heterocycles. The number of aliphatic hydroxyl groups is 1. The largest absolute Gasteiger partial charge is 0.435 e. The van der Waals surface area contributed by atoms with Gasteiger partial charge in [-0.3, -0.25) is 0 Å². The molecule has 3 N–H and O–H groups in total. The molecule has 1 aromatic rings. The molecule has 3 nitrogen and oxygen atoms in total. The minimum atomic E-state index is -2.83. The molecule has 0 spiro atoms. The van der Waals surface area contributed by atoms with Crippen LogP contribution in [0.5, 0.6) is 5.75 Å². The third kappa shape index (κ3) is 4.12. The smallest absolute Gasteiger partial charge is 0.387 e. The van der Waals surface area contributed by atoms with Gasteiger partial charge in [-0.2, -0.15) is 8.78 Å². The summed E-state index contributed by atoms with van der Waals surface area (Å²) >= 11 is 0. The predicted molar refractivity (Wildman–Crippen MR) is 56.3 cm³/mol. The summed E-state index contributed by atoms with van der Waals surface area (Å²) in [5.74, 6) is 0.104. The van der Waals surface area contributed by atoms with Gasteiger partial charge in [-0.25, -0.2) is 0 Å². The fourth-order valence-electron chi connectivity index (χ4n) is 1.40. The average Bonchev–Trinajstić information content (AvgIpc) is 2.25. The number of hydrogen-bond donors (Lipinski definition) is 2. The third-order valence-corrected chi connectivity index (χ3v) is 2.18. The molecule has 0 bridgehead atoms. The summed E-state index contributed by atoms with van der Waals surface area (Å²) in [7, 11) is 0. The van der Waals surface area contributed by atoms with Crippen LogP contribution < -0.4 is 10.5 Å². The highest BCUT2D eigenvalue weighted by molar-refractivity contribution is 5.30. The first-order valence-corrected chi connectivity index (χ1v) is 5.04. The Kier molecular flexibility index (Phi) is 5.14. The van der Waals surface area contributed by atoms with Crippen LogP contribution in [0.2, 0.25) is 0 Å². The predicted octanol–water partition coefficient (Wildman–Crippen LogP) is 2.06. The normalized spacial score (nSPS) is 12.8. The van der Waals surface area contributed by atoms with Crippen molar-refractivity contribution in [3.05, 3.63) is 29.8 Å². The van der Waals surface area contributed by atoms with Crippen molar-refractivity contribution < 1.29 is 18.6 Å². The second kappa shape index (κ2) is 6.40. The zero-order valence-electron chi connectivity index (χ0n) is 8.77. The summed E-state index contributed by atoms with van der Waals surface area (Å²) in [4.78, 5) is 0. The number of ether oxygens (including phenoxy) is 1. The number of rotatable bonds is 6. The minimum absolute atomic E-state index is 0.0704. The Morgan fingerprint density at radius 1 is 1.38 bits per heavy atom. The Bertz CT molecular complexity index is 321. The van der Waals surface area contributed by atoms with Crippen LogP contribution in [-0.2, 0) is 0 Å². The van der Waals surface area contributed by atoms with Crippen LogP contribution in [0.1, 0.15) is 24.4 Å². The first-order chi connectivity index (χ1) is 7.63. The van der Waals surface area contributed by atoms with Crippen LogP contribution in [-0.4, -0.2) is 18.3 Å². The van der Waals surface area contributed by atoms with E-state index in [1.54, 1.807) is 12.1 Å². The lowest BCUT2D eigenvalue weighted by Gasteiger charge is -2.12. The zero-order chi connectivity index (χ0) is 12.0. The van der Waals surface area contributed by atoms with Gasteiger partial charge < -0.3 is 15.6 Å². The minimum Gasteiger partial charge on any atom is -0.435 e. The second-order valence-electron chi connectivity index (χ2n) is 3.42. The highest BCUT2D eigenvalue weighted by atomic mass is 19.3. The van der Waals surface area contributed by atoms with Crippen molar-refractivity contribution in [3.63, 3.8) is 0 Å². The lowest BCUT2D eigenvalue weighted by molar-refractivity contribution is -0.0499. The summed E-state index contributed by atoms with van der Waals surface area (Å²) in [6.45, 7) is -2.76. The standard InChI is InChI=1S/C11H15F2NO2/c12-11(13)16-9-4-1-3-8(7-9)10(14)5-2-6-15/h1,3-4,7,10-11,15H,2,5-6,14H2/t10-/m0/s1. The van der Waals surface area contributed by atoms with E-state index in [2.05, 4.69) is 4.74 Å². The number of halogens is 2. The van der Waals surface area contributed by atoms with Crippen molar-refractivity contribution in [3.8, 4) is 5.75 Å².